The fraction of sp³-hybridized carbons (Fsp3) is 0.474. The summed E-state index contributed by atoms with van der Waals surface area (Å²) in [6.07, 6.45) is 6.95. The van der Waals surface area contributed by atoms with E-state index in [9.17, 15) is 0 Å². The molecule has 0 spiro atoms. The zero-order valence-corrected chi connectivity index (χ0v) is 18.5. The van der Waals surface area contributed by atoms with E-state index in [0.717, 1.165) is 36.8 Å². The Bertz CT molecular complexity index is 713. The van der Waals surface area contributed by atoms with Gasteiger partial charge in [-0.15, -0.1) is 35.3 Å². The minimum absolute atomic E-state index is 0. The average molecular weight is 486 g/mol. The highest BCUT2D eigenvalue weighted by atomic mass is 127. The Morgan fingerprint density at radius 1 is 1.23 bits per heavy atom. The lowest BCUT2D eigenvalue weighted by Gasteiger charge is -2.14. The molecular weight excluding hydrogens is 459 g/mol. The van der Waals surface area contributed by atoms with E-state index in [-0.39, 0.29) is 24.0 Å². The molecule has 0 amide bonds. The number of aryl methyl sites for hydroxylation is 1. The highest BCUT2D eigenvalue weighted by Gasteiger charge is 2.17. The van der Waals surface area contributed by atoms with Gasteiger partial charge in [0, 0.05) is 35.6 Å². The molecule has 0 saturated heterocycles. The quantitative estimate of drug-likeness (QED) is 0.364. The summed E-state index contributed by atoms with van der Waals surface area (Å²) >= 11 is 1.80. The van der Waals surface area contributed by atoms with Crippen molar-refractivity contribution >= 4 is 41.3 Å². The topological polar surface area (TPSA) is 58.5 Å². The molecule has 0 bridgehead atoms. The second-order valence-electron chi connectivity index (χ2n) is 6.32. The van der Waals surface area contributed by atoms with Crippen LogP contribution in [0.4, 0.5) is 0 Å². The Labute approximate surface area is 176 Å². The summed E-state index contributed by atoms with van der Waals surface area (Å²) < 4.78 is 5.97. The van der Waals surface area contributed by atoms with E-state index < -0.39 is 0 Å². The molecule has 2 aromatic heterocycles. The molecule has 1 saturated carbocycles. The van der Waals surface area contributed by atoms with Crippen LogP contribution in [0.15, 0.2) is 35.5 Å². The molecule has 1 fully saturated rings. The molecule has 2 aromatic rings. The number of halogens is 1. The summed E-state index contributed by atoms with van der Waals surface area (Å²) in [7, 11) is 1.79. The van der Waals surface area contributed by atoms with E-state index in [1.165, 1.54) is 22.6 Å². The standard InChI is InChI=1S/C19H26N4OS.HI/c1-14-7-8-17(25-14)13-23-19(20-2)22-12-15-9-10-21-18(11-15)24-16-5-3-4-6-16;/h7-11,16H,3-6,12-13H2,1-2H3,(H2,20,22,23);1H. The van der Waals surface area contributed by atoms with Gasteiger partial charge in [0.25, 0.3) is 0 Å². The molecular formula is C19H27IN4OS. The fourth-order valence-electron chi connectivity index (χ4n) is 2.96. The number of nitrogens with zero attached hydrogens (tertiary/aromatic N) is 2. The number of hydrogen-bond donors (Lipinski definition) is 2. The first-order valence-electron chi connectivity index (χ1n) is 8.84. The van der Waals surface area contributed by atoms with Crippen LogP contribution in [-0.2, 0) is 13.1 Å². The minimum atomic E-state index is 0. The Kier molecular flexibility index (Phi) is 8.64. The second kappa shape index (κ2) is 10.7. The van der Waals surface area contributed by atoms with E-state index >= 15 is 0 Å². The van der Waals surface area contributed by atoms with Gasteiger partial charge in [-0.3, -0.25) is 4.99 Å². The largest absolute Gasteiger partial charge is 0.474 e. The summed E-state index contributed by atoms with van der Waals surface area (Å²) in [6, 6.07) is 8.31. The van der Waals surface area contributed by atoms with Crippen LogP contribution in [0.3, 0.4) is 0 Å². The maximum Gasteiger partial charge on any atom is 0.213 e. The SMILES string of the molecule is CN=C(NCc1ccnc(OC2CCCC2)c1)NCc1ccc(C)s1.I. The van der Waals surface area contributed by atoms with Gasteiger partial charge in [0.1, 0.15) is 6.10 Å². The van der Waals surface area contributed by atoms with Gasteiger partial charge in [0.2, 0.25) is 5.88 Å². The highest BCUT2D eigenvalue weighted by molar-refractivity contribution is 14.0. The Hall–Kier alpha value is -1.35. The molecule has 142 valence electrons. The number of ether oxygens (including phenoxy) is 1. The van der Waals surface area contributed by atoms with Crippen LogP contribution in [0.5, 0.6) is 5.88 Å². The molecule has 0 unspecified atom stereocenters. The van der Waals surface area contributed by atoms with Gasteiger partial charge in [-0.1, -0.05) is 0 Å². The number of aliphatic imine (C=N–C) groups is 1. The normalized spacial score (nSPS) is 14.8. The Morgan fingerprint density at radius 3 is 2.69 bits per heavy atom. The van der Waals surface area contributed by atoms with Crippen molar-refractivity contribution in [3.05, 3.63) is 45.8 Å². The van der Waals surface area contributed by atoms with Crippen LogP contribution in [0.25, 0.3) is 0 Å². The third-order valence-corrected chi connectivity index (χ3v) is 5.30. The van der Waals surface area contributed by atoms with Crippen molar-refractivity contribution in [2.24, 2.45) is 4.99 Å². The lowest BCUT2D eigenvalue weighted by atomic mass is 10.2. The van der Waals surface area contributed by atoms with Crippen LogP contribution in [0, 0.1) is 6.92 Å². The first-order chi connectivity index (χ1) is 12.2. The van der Waals surface area contributed by atoms with Crippen molar-refractivity contribution in [1.82, 2.24) is 15.6 Å². The molecule has 0 atom stereocenters. The Morgan fingerprint density at radius 2 is 2.00 bits per heavy atom. The third-order valence-electron chi connectivity index (χ3n) is 4.30. The molecule has 7 heteroatoms. The summed E-state index contributed by atoms with van der Waals surface area (Å²) in [6.45, 7) is 3.59. The number of nitrogens with one attached hydrogen (secondary N) is 2. The molecule has 2 heterocycles. The predicted molar refractivity (Wildman–Crippen MR) is 119 cm³/mol. The van der Waals surface area contributed by atoms with Gasteiger partial charge in [0.05, 0.1) is 6.54 Å². The zero-order chi connectivity index (χ0) is 17.5. The van der Waals surface area contributed by atoms with Gasteiger partial charge in [-0.2, -0.15) is 0 Å². The van der Waals surface area contributed by atoms with Gasteiger partial charge in [-0.25, -0.2) is 4.98 Å². The van der Waals surface area contributed by atoms with Gasteiger partial charge < -0.3 is 15.4 Å². The summed E-state index contributed by atoms with van der Waals surface area (Å²) in [5, 5.41) is 6.69. The van der Waals surface area contributed by atoms with Crippen LogP contribution in [-0.4, -0.2) is 24.1 Å². The molecule has 26 heavy (non-hydrogen) atoms. The van der Waals surface area contributed by atoms with Gasteiger partial charge in [0.15, 0.2) is 5.96 Å². The molecule has 1 aliphatic rings. The Balaban J connectivity index is 0.00000243. The first kappa shape index (κ1) is 21.0. The van der Waals surface area contributed by atoms with Crippen molar-refractivity contribution in [3.8, 4) is 5.88 Å². The van der Waals surface area contributed by atoms with Crippen molar-refractivity contribution in [2.75, 3.05) is 7.05 Å². The molecule has 0 aromatic carbocycles. The van der Waals surface area contributed by atoms with Crippen molar-refractivity contribution in [3.63, 3.8) is 0 Å². The number of guanidine groups is 1. The number of pyridine rings is 1. The van der Waals surface area contributed by atoms with Crippen LogP contribution >= 0.6 is 35.3 Å². The molecule has 3 rings (SSSR count). The van der Waals surface area contributed by atoms with Crippen molar-refractivity contribution in [2.45, 2.75) is 51.8 Å². The number of rotatable bonds is 6. The van der Waals surface area contributed by atoms with E-state index in [0.29, 0.717) is 12.6 Å². The van der Waals surface area contributed by atoms with Gasteiger partial charge in [-0.05, 0) is 56.4 Å². The van der Waals surface area contributed by atoms with E-state index in [1.54, 1.807) is 18.4 Å². The van der Waals surface area contributed by atoms with Gasteiger partial charge >= 0.3 is 0 Å². The monoisotopic (exact) mass is 486 g/mol. The molecule has 2 N–H and O–H groups in total. The molecule has 1 aliphatic carbocycles. The van der Waals surface area contributed by atoms with E-state index in [4.69, 9.17) is 4.74 Å². The second-order valence-corrected chi connectivity index (χ2v) is 7.69. The predicted octanol–water partition coefficient (Wildman–Crippen LogP) is 4.26. The minimum Gasteiger partial charge on any atom is -0.474 e. The molecule has 5 nitrogen and oxygen atoms in total. The van der Waals surface area contributed by atoms with Crippen molar-refractivity contribution < 1.29 is 4.74 Å². The van der Waals surface area contributed by atoms with E-state index in [2.05, 4.69) is 39.7 Å². The fourth-order valence-corrected chi connectivity index (χ4v) is 3.79. The first-order valence-corrected chi connectivity index (χ1v) is 9.66. The van der Waals surface area contributed by atoms with Crippen LogP contribution in [0.2, 0.25) is 0 Å². The molecule has 0 aliphatic heterocycles. The van der Waals surface area contributed by atoms with Crippen molar-refractivity contribution in [1.29, 1.82) is 0 Å². The summed E-state index contributed by atoms with van der Waals surface area (Å²) in [5.74, 6) is 1.52. The number of hydrogen-bond acceptors (Lipinski definition) is 4. The third kappa shape index (κ3) is 6.42. The summed E-state index contributed by atoms with van der Waals surface area (Å²) in [5.41, 5.74) is 1.14. The van der Waals surface area contributed by atoms with Crippen LogP contribution in [0.1, 0.15) is 41.0 Å². The maximum absolute atomic E-state index is 5.97. The number of thiophene rings is 1. The lowest BCUT2D eigenvalue weighted by molar-refractivity contribution is 0.201. The maximum atomic E-state index is 5.97. The van der Waals surface area contributed by atoms with Crippen LogP contribution < -0.4 is 15.4 Å². The smallest absolute Gasteiger partial charge is 0.213 e. The number of aromatic nitrogens is 1. The zero-order valence-electron chi connectivity index (χ0n) is 15.3. The lowest BCUT2D eigenvalue weighted by Crippen LogP contribution is -2.36. The average Bonchev–Trinajstić information content (AvgIpc) is 3.27. The highest BCUT2D eigenvalue weighted by Crippen LogP contribution is 2.23. The molecule has 0 radical (unpaired) electrons. The summed E-state index contributed by atoms with van der Waals surface area (Å²) in [4.78, 5) is 11.2. The van der Waals surface area contributed by atoms with E-state index in [1.807, 2.05) is 18.3 Å².